The average Bonchev–Trinajstić information content (AvgIpc) is 2.64. The molecule has 0 aliphatic carbocycles. The molecule has 0 aromatic carbocycles. The molecule has 13 heavy (non-hydrogen) atoms. The third kappa shape index (κ3) is 1.58. The van der Waals surface area contributed by atoms with Crippen molar-refractivity contribution in [1.29, 1.82) is 0 Å². The molecule has 0 amide bonds. The van der Waals surface area contributed by atoms with E-state index in [0.29, 0.717) is 12.4 Å². The van der Waals surface area contributed by atoms with Crippen molar-refractivity contribution < 1.29 is 0 Å². The number of tetrazole rings is 1. The summed E-state index contributed by atoms with van der Waals surface area (Å²) >= 11 is 0. The lowest BCUT2D eigenvalue weighted by atomic mass is 10.2. The Morgan fingerprint density at radius 1 is 1.31 bits per heavy atom. The quantitative estimate of drug-likeness (QED) is 0.733. The summed E-state index contributed by atoms with van der Waals surface area (Å²) in [6, 6.07) is 0. The Balaban J connectivity index is 2.19. The molecule has 0 atom stereocenters. The second-order valence-electron chi connectivity index (χ2n) is 3.12. The van der Waals surface area contributed by atoms with Crippen LogP contribution < -0.4 is 0 Å². The lowest BCUT2D eigenvalue weighted by molar-refractivity contribution is 0.749. The minimum Gasteiger partial charge on any atom is -0.346 e. The van der Waals surface area contributed by atoms with Crippen LogP contribution in [-0.2, 0) is 6.54 Å². The van der Waals surface area contributed by atoms with E-state index in [4.69, 9.17) is 0 Å². The molecule has 0 saturated carbocycles. The number of H-pyrrole nitrogens is 1. The van der Waals surface area contributed by atoms with Crippen LogP contribution in [0.15, 0.2) is 12.4 Å². The molecule has 0 fully saturated rings. The van der Waals surface area contributed by atoms with Gasteiger partial charge in [0.2, 0.25) is 0 Å². The summed E-state index contributed by atoms with van der Waals surface area (Å²) in [4.78, 5) is 0. The molecule has 0 saturated heterocycles. The Kier molecular flexibility index (Phi) is 1.84. The number of aromatic nitrogens is 5. The zero-order valence-electron chi connectivity index (χ0n) is 7.65. The summed E-state index contributed by atoms with van der Waals surface area (Å²) < 4.78 is 2.05. The normalized spacial score (nSPS) is 10.6. The van der Waals surface area contributed by atoms with Gasteiger partial charge in [-0.2, -0.15) is 5.21 Å². The van der Waals surface area contributed by atoms with E-state index in [0.717, 1.165) is 0 Å². The Morgan fingerprint density at radius 3 is 2.54 bits per heavy atom. The molecule has 0 radical (unpaired) electrons. The predicted molar refractivity (Wildman–Crippen MR) is 47.2 cm³/mol. The maximum Gasteiger partial charge on any atom is 0.194 e. The summed E-state index contributed by atoms with van der Waals surface area (Å²) in [7, 11) is 0. The standard InChI is InChI=1S/C8H11N5/c1-6-3-13(4-7(6)2)5-8-9-11-12-10-8/h3-4H,5H2,1-2H3,(H,9,10,11,12). The first-order chi connectivity index (χ1) is 6.25. The fraction of sp³-hybridized carbons (Fsp3) is 0.375. The summed E-state index contributed by atoms with van der Waals surface area (Å²) in [6.45, 7) is 4.84. The highest BCUT2D eigenvalue weighted by atomic mass is 15.5. The highest BCUT2D eigenvalue weighted by Crippen LogP contribution is 2.07. The van der Waals surface area contributed by atoms with E-state index in [-0.39, 0.29) is 0 Å². The SMILES string of the molecule is Cc1cn(Cc2nn[nH]n2)cc1C. The fourth-order valence-corrected chi connectivity index (χ4v) is 1.24. The van der Waals surface area contributed by atoms with Gasteiger partial charge in [-0.1, -0.05) is 5.21 Å². The van der Waals surface area contributed by atoms with Crippen LogP contribution in [0.2, 0.25) is 0 Å². The molecular weight excluding hydrogens is 166 g/mol. The van der Waals surface area contributed by atoms with Gasteiger partial charge in [-0.05, 0) is 25.0 Å². The topological polar surface area (TPSA) is 59.4 Å². The highest BCUT2D eigenvalue weighted by Gasteiger charge is 2.01. The van der Waals surface area contributed by atoms with E-state index in [1.807, 2.05) is 0 Å². The van der Waals surface area contributed by atoms with E-state index in [1.165, 1.54) is 11.1 Å². The van der Waals surface area contributed by atoms with Gasteiger partial charge in [0.15, 0.2) is 5.82 Å². The average molecular weight is 177 g/mol. The summed E-state index contributed by atoms with van der Waals surface area (Å²) in [5, 5.41) is 13.7. The number of rotatable bonds is 2. The summed E-state index contributed by atoms with van der Waals surface area (Å²) in [5.74, 6) is 0.704. The lowest BCUT2D eigenvalue weighted by Crippen LogP contribution is -1.98. The number of aromatic amines is 1. The van der Waals surface area contributed by atoms with E-state index in [2.05, 4.69) is 51.4 Å². The van der Waals surface area contributed by atoms with Gasteiger partial charge in [-0.3, -0.25) is 0 Å². The Hall–Kier alpha value is -1.65. The van der Waals surface area contributed by atoms with Crippen LogP contribution in [0.3, 0.4) is 0 Å². The van der Waals surface area contributed by atoms with E-state index in [1.54, 1.807) is 0 Å². The van der Waals surface area contributed by atoms with Gasteiger partial charge in [0, 0.05) is 12.4 Å². The zero-order chi connectivity index (χ0) is 9.26. The number of hydrogen-bond acceptors (Lipinski definition) is 3. The number of aryl methyl sites for hydroxylation is 2. The molecule has 2 rings (SSSR count). The molecule has 1 N–H and O–H groups in total. The van der Waals surface area contributed by atoms with Crippen molar-refractivity contribution in [2.75, 3.05) is 0 Å². The second kappa shape index (κ2) is 3.01. The minimum absolute atomic E-state index is 0.672. The van der Waals surface area contributed by atoms with Crippen molar-refractivity contribution in [1.82, 2.24) is 25.2 Å². The largest absolute Gasteiger partial charge is 0.346 e. The Morgan fingerprint density at radius 2 is 2.00 bits per heavy atom. The van der Waals surface area contributed by atoms with Crippen LogP contribution in [-0.4, -0.2) is 25.2 Å². The molecule has 0 spiro atoms. The maximum absolute atomic E-state index is 3.88. The van der Waals surface area contributed by atoms with Gasteiger partial charge in [0.1, 0.15) is 0 Å². The second-order valence-corrected chi connectivity index (χ2v) is 3.12. The molecule has 0 aliphatic heterocycles. The van der Waals surface area contributed by atoms with Crippen LogP contribution in [0.5, 0.6) is 0 Å². The molecule has 68 valence electrons. The van der Waals surface area contributed by atoms with Crippen molar-refractivity contribution in [2.24, 2.45) is 0 Å². The zero-order valence-corrected chi connectivity index (χ0v) is 7.65. The first kappa shape index (κ1) is 7.97. The predicted octanol–water partition coefficient (Wildman–Crippen LogP) is 0.666. The van der Waals surface area contributed by atoms with Crippen LogP contribution >= 0.6 is 0 Å². The fourth-order valence-electron chi connectivity index (χ4n) is 1.24. The van der Waals surface area contributed by atoms with Gasteiger partial charge < -0.3 is 4.57 Å². The third-order valence-corrected chi connectivity index (χ3v) is 2.05. The summed E-state index contributed by atoms with van der Waals surface area (Å²) in [5.41, 5.74) is 2.56. The van der Waals surface area contributed by atoms with Crippen molar-refractivity contribution in [3.63, 3.8) is 0 Å². The van der Waals surface area contributed by atoms with Gasteiger partial charge in [0.25, 0.3) is 0 Å². The van der Waals surface area contributed by atoms with Crippen molar-refractivity contribution >= 4 is 0 Å². The van der Waals surface area contributed by atoms with Gasteiger partial charge in [0.05, 0.1) is 6.54 Å². The van der Waals surface area contributed by atoms with E-state index >= 15 is 0 Å². The summed E-state index contributed by atoms with van der Waals surface area (Å²) in [6.07, 6.45) is 4.15. The van der Waals surface area contributed by atoms with E-state index in [9.17, 15) is 0 Å². The monoisotopic (exact) mass is 177 g/mol. The molecule has 0 bridgehead atoms. The van der Waals surface area contributed by atoms with Crippen molar-refractivity contribution in [2.45, 2.75) is 20.4 Å². The minimum atomic E-state index is 0.672. The van der Waals surface area contributed by atoms with Gasteiger partial charge in [-0.15, -0.1) is 10.2 Å². The Bertz CT molecular complexity index is 367. The number of hydrogen-bond donors (Lipinski definition) is 1. The molecule has 5 nitrogen and oxygen atoms in total. The van der Waals surface area contributed by atoms with Crippen LogP contribution in [0.4, 0.5) is 0 Å². The smallest absolute Gasteiger partial charge is 0.194 e. The molecule has 2 aromatic heterocycles. The lowest BCUT2D eigenvalue weighted by Gasteiger charge is -1.95. The van der Waals surface area contributed by atoms with Crippen molar-refractivity contribution in [3.8, 4) is 0 Å². The first-order valence-corrected chi connectivity index (χ1v) is 4.11. The van der Waals surface area contributed by atoms with Gasteiger partial charge in [-0.25, -0.2) is 0 Å². The molecule has 2 aromatic rings. The van der Waals surface area contributed by atoms with E-state index < -0.39 is 0 Å². The first-order valence-electron chi connectivity index (χ1n) is 4.11. The number of nitrogens with one attached hydrogen (secondary N) is 1. The molecule has 0 aliphatic rings. The van der Waals surface area contributed by atoms with Gasteiger partial charge >= 0.3 is 0 Å². The number of nitrogens with zero attached hydrogens (tertiary/aromatic N) is 4. The van der Waals surface area contributed by atoms with Crippen LogP contribution in [0.25, 0.3) is 0 Å². The van der Waals surface area contributed by atoms with Crippen LogP contribution in [0.1, 0.15) is 17.0 Å². The maximum atomic E-state index is 3.88. The highest BCUT2D eigenvalue weighted by molar-refractivity contribution is 5.20. The van der Waals surface area contributed by atoms with Crippen molar-refractivity contribution in [3.05, 3.63) is 29.3 Å². The molecule has 2 heterocycles. The Labute approximate surface area is 75.8 Å². The molecule has 5 heteroatoms. The molecule has 0 unspecified atom stereocenters. The third-order valence-electron chi connectivity index (χ3n) is 2.05. The van der Waals surface area contributed by atoms with Crippen LogP contribution in [0, 0.1) is 13.8 Å². The molecular formula is C8H11N5.